The molecule has 2 amide bonds. The molecule has 4 N–H and O–H groups in total. The maximum atomic E-state index is 13.4. The summed E-state index contributed by atoms with van der Waals surface area (Å²) >= 11 is -2.27. The molecule has 0 saturated carbocycles. The number of rotatable bonds is 15. The molecule has 0 spiro atoms. The van der Waals surface area contributed by atoms with E-state index in [9.17, 15) is 35.5 Å². The number of hydrogen-bond donors (Lipinski definition) is 4. The van der Waals surface area contributed by atoms with Gasteiger partial charge in [-0.15, -0.1) is 0 Å². The Kier molecular flexibility index (Phi) is 15.4. The first-order chi connectivity index (χ1) is 31.8. The van der Waals surface area contributed by atoms with Crippen molar-refractivity contribution in [3.05, 3.63) is 126 Å². The molecular weight excluding hydrogens is 1090 g/mol. The Morgan fingerprint density at radius 1 is 0.716 bits per heavy atom. The molecule has 4 aromatic rings. The summed E-state index contributed by atoms with van der Waals surface area (Å²) in [6, 6.07) is 22.2. The second kappa shape index (κ2) is 20.6. The van der Waals surface area contributed by atoms with Gasteiger partial charge < -0.3 is 0 Å². The predicted molar refractivity (Wildman–Crippen MR) is 280 cm³/mol. The van der Waals surface area contributed by atoms with Crippen molar-refractivity contribution in [2.24, 2.45) is 0 Å². The zero-order valence-electron chi connectivity index (χ0n) is 37.1. The fourth-order valence-electron chi connectivity index (χ4n) is 8.34. The van der Waals surface area contributed by atoms with Crippen molar-refractivity contribution in [2.45, 2.75) is 61.2 Å². The number of nitrogens with zero attached hydrogens (tertiary/aromatic N) is 3. The molecule has 2 fully saturated rings. The molecule has 4 aliphatic heterocycles. The number of carbonyl (C=O) groups excluding carboxylic acids is 2. The molecule has 2 saturated heterocycles. The summed E-state index contributed by atoms with van der Waals surface area (Å²) in [6.45, 7) is 8.31. The van der Waals surface area contributed by atoms with Gasteiger partial charge in [0.2, 0.25) is 0 Å². The molecule has 0 aliphatic carbocycles. The van der Waals surface area contributed by atoms with Crippen LogP contribution < -0.4 is 24.2 Å². The molecule has 5 heterocycles. The summed E-state index contributed by atoms with van der Waals surface area (Å²) in [5, 5.41) is 6.04. The van der Waals surface area contributed by atoms with Crippen LogP contribution in [-0.2, 0) is 40.7 Å². The van der Waals surface area contributed by atoms with Crippen molar-refractivity contribution in [2.75, 3.05) is 51.6 Å². The average Bonchev–Trinajstić information content (AvgIpc) is 4.09. The minimum absolute atomic E-state index is 0.108. The monoisotopic (exact) mass is 1140 g/mol. The summed E-state index contributed by atoms with van der Waals surface area (Å²) in [7, 11) is -0.770. The van der Waals surface area contributed by atoms with Gasteiger partial charge in [0.15, 0.2) is 0 Å². The Bertz CT molecular complexity index is 2930. The van der Waals surface area contributed by atoms with Gasteiger partial charge in [0.05, 0.1) is 4.90 Å². The maximum absolute atomic E-state index is 13.4. The molecule has 0 radical (unpaired) electrons. The average molecular weight is 1140 g/mol. The van der Waals surface area contributed by atoms with Crippen molar-refractivity contribution in [3.8, 4) is 0 Å². The molecular formula is C46H50As2N5O8S6+. The number of carbonyl (C=O) groups is 2. The molecule has 0 atom stereocenters. The normalized spacial score (nSPS) is 19.0. The fourth-order valence-corrected chi connectivity index (χ4v) is 37.5. The summed E-state index contributed by atoms with van der Waals surface area (Å²) in [5.41, 5.74) is 3.46. The minimum atomic E-state index is -4.54. The second-order valence-electron chi connectivity index (χ2n) is 16.9. The molecule has 21 heteroatoms. The number of nitrogens with one attached hydrogen (secondary N) is 2. The fraction of sp³-hybridized carbons (Fsp3) is 0.304. The van der Waals surface area contributed by atoms with Crippen LogP contribution in [0.4, 0.5) is 22.9 Å². The van der Waals surface area contributed by atoms with E-state index >= 15 is 0 Å². The first kappa shape index (κ1) is 50.2. The van der Waals surface area contributed by atoms with E-state index in [1.807, 2.05) is 91.8 Å². The summed E-state index contributed by atoms with van der Waals surface area (Å²) < 4.78 is 73.3. The number of hydrogen-bond acceptors (Lipinski definition) is 12. The number of pyridine rings is 1. The quantitative estimate of drug-likeness (QED) is 0.0407. The molecule has 8 rings (SSSR count). The van der Waals surface area contributed by atoms with Crippen LogP contribution in [0.2, 0.25) is 0 Å². The van der Waals surface area contributed by atoms with Crippen LogP contribution in [0.3, 0.4) is 0 Å². The number of anilines is 3. The third kappa shape index (κ3) is 11.4. The van der Waals surface area contributed by atoms with E-state index in [4.69, 9.17) is 0 Å². The van der Waals surface area contributed by atoms with Gasteiger partial charge in [0.1, 0.15) is 4.90 Å². The van der Waals surface area contributed by atoms with E-state index in [1.54, 1.807) is 6.07 Å². The van der Waals surface area contributed by atoms with E-state index in [0.29, 0.717) is 29.2 Å². The third-order valence-electron chi connectivity index (χ3n) is 11.7. The summed E-state index contributed by atoms with van der Waals surface area (Å²) in [5.74, 6) is 4.87. The van der Waals surface area contributed by atoms with Gasteiger partial charge in [-0.2, -0.15) is 16.8 Å². The summed E-state index contributed by atoms with van der Waals surface area (Å²) in [6.07, 6.45) is 10.7. The molecule has 4 aliphatic rings. The van der Waals surface area contributed by atoms with Crippen LogP contribution in [0.25, 0.3) is 0 Å². The van der Waals surface area contributed by atoms with Gasteiger partial charge >= 0.3 is 356 Å². The molecule has 3 aromatic carbocycles. The Balaban J connectivity index is 1.03. The van der Waals surface area contributed by atoms with Gasteiger partial charge in [-0.05, 0) is 0 Å². The second-order valence-corrected chi connectivity index (χ2v) is 43.3. The van der Waals surface area contributed by atoms with Crippen LogP contribution in [0.15, 0.2) is 125 Å². The number of aromatic nitrogens is 1. The van der Waals surface area contributed by atoms with Crippen molar-refractivity contribution in [1.29, 1.82) is 0 Å². The van der Waals surface area contributed by atoms with Crippen LogP contribution in [0.1, 0.15) is 51.7 Å². The van der Waals surface area contributed by atoms with Crippen LogP contribution >= 0.6 is 40.1 Å². The molecule has 352 valence electrons. The Hall–Kier alpha value is -3.22. The molecule has 0 bridgehead atoms. The van der Waals surface area contributed by atoms with Crippen molar-refractivity contribution in [1.82, 2.24) is 4.98 Å². The standard InChI is InChI=1S/C46H49As2N5O8S6/c1-45(2)37-28-35(66(56,57)58)18-19-39(37)52(22-20-42(54)50-33-14-10-31(11-15-33)47-62-24-25-63-47)40(45)8-6-5-7-9-41-46(3,4)38-29-36(67(59,60)61)30-49-44(38)53(41)23-21-43(55)51-34-16-12-32(13-17-34)48-64-26-27-65-48/h5-19,28-30H,20-27H2,1-4H3,(H3-,50,51,54,55,56,57,58,59,60,61)/p+1. The zero-order valence-corrected chi connectivity index (χ0v) is 45.7. The van der Waals surface area contributed by atoms with Crippen LogP contribution in [-0.4, -0.2) is 114 Å². The third-order valence-corrected chi connectivity index (χ3v) is 40.9. The van der Waals surface area contributed by atoms with Crippen molar-refractivity contribution < 1.29 is 40.1 Å². The van der Waals surface area contributed by atoms with Gasteiger partial charge in [0, 0.05) is 0 Å². The number of amides is 2. The molecule has 67 heavy (non-hydrogen) atoms. The number of allylic oxidation sites excluding steroid dienone is 6. The van der Waals surface area contributed by atoms with Crippen molar-refractivity contribution >= 4 is 134 Å². The van der Waals surface area contributed by atoms with E-state index in [-0.39, 0.29) is 41.0 Å². The topological polar surface area (TPSA) is 186 Å². The van der Waals surface area contributed by atoms with E-state index in [0.717, 1.165) is 29.0 Å². The Morgan fingerprint density at radius 3 is 1.81 bits per heavy atom. The first-order valence-corrected chi connectivity index (χ1v) is 39.0. The summed E-state index contributed by atoms with van der Waals surface area (Å²) in [4.78, 5) is 32.7. The molecule has 1 aromatic heterocycles. The van der Waals surface area contributed by atoms with E-state index < -0.39 is 55.7 Å². The van der Waals surface area contributed by atoms with Crippen molar-refractivity contribution in [3.63, 3.8) is 0 Å². The number of benzene rings is 3. The van der Waals surface area contributed by atoms with Crippen LogP contribution in [0, 0.1) is 0 Å². The van der Waals surface area contributed by atoms with E-state index in [1.165, 1.54) is 49.9 Å². The number of fused-ring (bicyclic) bond motifs is 2. The zero-order chi connectivity index (χ0) is 47.7. The first-order valence-electron chi connectivity index (χ1n) is 21.3. The van der Waals surface area contributed by atoms with Gasteiger partial charge in [-0.1, -0.05) is 6.08 Å². The Morgan fingerprint density at radius 2 is 1.25 bits per heavy atom. The molecule has 0 unspecified atom stereocenters. The van der Waals surface area contributed by atoms with Gasteiger partial charge in [-0.3, -0.25) is 9.11 Å². The predicted octanol–water partition coefficient (Wildman–Crippen LogP) is 7.15. The Labute approximate surface area is 414 Å². The van der Waals surface area contributed by atoms with Gasteiger partial charge in [0.25, 0.3) is 20.2 Å². The molecule has 13 nitrogen and oxygen atoms in total. The van der Waals surface area contributed by atoms with Gasteiger partial charge in [-0.25, -0.2) is 0 Å². The van der Waals surface area contributed by atoms with Crippen LogP contribution in [0.5, 0.6) is 0 Å². The SMILES string of the molecule is CC1(C)C(/C=C/C=C/C=C2\N(CCC(=O)Nc3ccc([As]4SCCS4)cc3)c3ccc(S(=O)(=O)O)cc3C2(C)C)=[N+](CCC(=O)Nc2ccc([As]3SCCS3)cc2)c2ncc(S(=O)(=O)O)cc21. The van der Waals surface area contributed by atoms with E-state index in [2.05, 4.69) is 80.0 Å².